The molecule has 1 N–H and O–H groups in total. The van der Waals surface area contributed by atoms with Crippen LogP contribution in [0, 0.1) is 18.7 Å². The van der Waals surface area contributed by atoms with Crippen molar-refractivity contribution in [3.63, 3.8) is 0 Å². The molecule has 0 unspecified atom stereocenters. The lowest BCUT2D eigenvalue weighted by Gasteiger charge is -2.32. The molecule has 1 fully saturated rings. The third kappa shape index (κ3) is 4.59. The van der Waals surface area contributed by atoms with Crippen molar-refractivity contribution in [2.75, 3.05) is 23.3 Å². The molecule has 0 bridgehead atoms. The molecule has 1 aliphatic rings. The zero-order chi connectivity index (χ0) is 20.2. The molecule has 1 saturated heterocycles. The molecule has 29 heavy (non-hydrogen) atoms. The summed E-state index contributed by atoms with van der Waals surface area (Å²) in [5, 5.41) is 2.87. The second-order valence-corrected chi connectivity index (χ2v) is 7.42. The predicted octanol–water partition coefficient (Wildman–Crippen LogP) is 4.45. The minimum atomic E-state index is -0.321. The number of nitrogens with zero attached hydrogens (tertiary/aromatic N) is 3. The first-order chi connectivity index (χ1) is 14.1. The van der Waals surface area contributed by atoms with Crippen LogP contribution in [0.25, 0.3) is 11.1 Å². The van der Waals surface area contributed by atoms with Gasteiger partial charge >= 0.3 is 0 Å². The van der Waals surface area contributed by atoms with Gasteiger partial charge in [-0.2, -0.15) is 0 Å². The number of anilines is 2. The summed E-state index contributed by atoms with van der Waals surface area (Å²) in [6, 6.07) is 14.1. The summed E-state index contributed by atoms with van der Waals surface area (Å²) in [7, 11) is 0. The van der Waals surface area contributed by atoms with E-state index in [0.717, 1.165) is 30.5 Å². The number of halogens is 1. The summed E-state index contributed by atoms with van der Waals surface area (Å²) in [5.41, 5.74) is 3.87. The Morgan fingerprint density at radius 3 is 2.41 bits per heavy atom. The molecule has 1 aliphatic heterocycles. The summed E-state index contributed by atoms with van der Waals surface area (Å²) >= 11 is 0. The molecule has 1 atom stereocenters. The van der Waals surface area contributed by atoms with E-state index in [1.165, 1.54) is 17.7 Å². The molecule has 0 aliphatic carbocycles. The molecule has 0 radical (unpaired) electrons. The second kappa shape index (κ2) is 8.39. The molecule has 4 rings (SSSR count). The molecule has 3 aromatic rings. The van der Waals surface area contributed by atoms with Gasteiger partial charge in [0.25, 0.3) is 0 Å². The van der Waals surface area contributed by atoms with Crippen molar-refractivity contribution in [1.29, 1.82) is 0 Å². The molecule has 2 heterocycles. The topological polar surface area (TPSA) is 58.1 Å². The van der Waals surface area contributed by atoms with Crippen LogP contribution in [0.1, 0.15) is 18.4 Å². The number of hydrogen-bond acceptors (Lipinski definition) is 4. The molecule has 5 nitrogen and oxygen atoms in total. The van der Waals surface area contributed by atoms with E-state index in [0.29, 0.717) is 18.2 Å². The van der Waals surface area contributed by atoms with Crippen LogP contribution in [0.4, 0.5) is 16.0 Å². The van der Waals surface area contributed by atoms with Crippen molar-refractivity contribution in [2.45, 2.75) is 19.8 Å². The van der Waals surface area contributed by atoms with Crippen molar-refractivity contribution >= 4 is 17.5 Å². The van der Waals surface area contributed by atoms with Gasteiger partial charge < -0.3 is 10.2 Å². The van der Waals surface area contributed by atoms with Gasteiger partial charge in [-0.1, -0.05) is 29.8 Å². The van der Waals surface area contributed by atoms with Crippen LogP contribution in [0.3, 0.4) is 0 Å². The highest BCUT2D eigenvalue weighted by molar-refractivity contribution is 5.93. The van der Waals surface area contributed by atoms with Crippen molar-refractivity contribution in [1.82, 2.24) is 9.97 Å². The van der Waals surface area contributed by atoms with Crippen LogP contribution in [-0.2, 0) is 4.79 Å². The van der Waals surface area contributed by atoms with E-state index in [9.17, 15) is 9.18 Å². The number of carbonyl (C=O) groups excluding carboxylic acids is 1. The predicted molar refractivity (Wildman–Crippen MR) is 112 cm³/mol. The van der Waals surface area contributed by atoms with E-state index in [1.807, 2.05) is 12.4 Å². The van der Waals surface area contributed by atoms with Crippen LogP contribution >= 0.6 is 0 Å². The number of aromatic nitrogens is 2. The van der Waals surface area contributed by atoms with Gasteiger partial charge in [0.1, 0.15) is 5.82 Å². The van der Waals surface area contributed by atoms with E-state index in [-0.39, 0.29) is 17.6 Å². The lowest BCUT2D eigenvalue weighted by atomic mass is 9.97. The molecule has 1 amide bonds. The van der Waals surface area contributed by atoms with Crippen molar-refractivity contribution in [3.8, 4) is 11.1 Å². The molecule has 1 aromatic heterocycles. The average Bonchev–Trinajstić information content (AvgIpc) is 2.76. The summed E-state index contributed by atoms with van der Waals surface area (Å²) in [5.74, 6) is 0.102. The Labute approximate surface area is 169 Å². The summed E-state index contributed by atoms with van der Waals surface area (Å²) in [6.45, 7) is 3.45. The highest BCUT2D eigenvalue weighted by Gasteiger charge is 2.27. The number of aryl methyl sites for hydroxylation is 1. The average molecular weight is 390 g/mol. The Balaban J connectivity index is 1.41. The SMILES string of the molecule is Cc1ccc(-c2cnc(N3CCC[C@H](C(=O)Nc4ccc(F)cc4)C3)nc2)cc1. The standard InChI is InChI=1S/C23H23FN4O/c1-16-4-6-17(7-5-16)19-13-25-23(26-14-19)28-12-2-3-18(15-28)22(29)27-21-10-8-20(24)9-11-21/h4-11,13-14,18H,2-3,12,15H2,1H3,(H,27,29)/t18-/m0/s1. The quantitative estimate of drug-likeness (QED) is 0.715. The number of rotatable bonds is 4. The number of amides is 1. The number of benzene rings is 2. The van der Waals surface area contributed by atoms with Gasteiger partial charge in [-0.05, 0) is 49.6 Å². The fraction of sp³-hybridized carbons (Fsp3) is 0.261. The van der Waals surface area contributed by atoms with Gasteiger partial charge in [0.2, 0.25) is 11.9 Å². The molecular weight excluding hydrogens is 367 g/mol. The molecule has 2 aromatic carbocycles. The van der Waals surface area contributed by atoms with E-state index < -0.39 is 0 Å². The van der Waals surface area contributed by atoms with E-state index in [2.05, 4.69) is 51.4 Å². The maximum absolute atomic E-state index is 13.0. The first kappa shape index (κ1) is 19.1. The minimum absolute atomic E-state index is 0.0578. The van der Waals surface area contributed by atoms with Gasteiger partial charge in [0, 0.05) is 36.7 Å². The van der Waals surface area contributed by atoms with Gasteiger partial charge in [-0.15, -0.1) is 0 Å². The maximum atomic E-state index is 13.0. The zero-order valence-electron chi connectivity index (χ0n) is 16.3. The van der Waals surface area contributed by atoms with Crippen LogP contribution < -0.4 is 10.2 Å². The zero-order valence-corrected chi connectivity index (χ0v) is 16.3. The number of hydrogen-bond donors (Lipinski definition) is 1. The normalized spacial score (nSPS) is 16.5. The maximum Gasteiger partial charge on any atom is 0.229 e. The molecular formula is C23H23FN4O. The van der Waals surface area contributed by atoms with Crippen LogP contribution in [0.5, 0.6) is 0 Å². The smallest absolute Gasteiger partial charge is 0.229 e. The Morgan fingerprint density at radius 1 is 1.03 bits per heavy atom. The lowest BCUT2D eigenvalue weighted by Crippen LogP contribution is -2.41. The highest BCUT2D eigenvalue weighted by atomic mass is 19.1. The minimum Gasteiger partial charge on any atom is -0.340 e. The van der Waals surface area contributed by atoms with E-state index in [1.54, 1.807) is 12.1 Å². The van der Waals surface area contributed by atoms with Crippen LogP contribution in [-0.4, -0.2) is 29.0 Å². The van der Waals surface area contributed by atoms with Gasteiger partial charge in [-0.25, -0.2) is 14.4 Å². The number of piperidine rings is 1. The third-order valence-electron chi connectivity index (χ3n) is 5.21. The summed E-state index contributed by atoms with van der Waals surface area (Å²) in [6.07, 6.45) is 5.36. The highest BCUT2D eigenvalue weighted by Crippen LogP contribution is 2.24. The van der Waals surface area contributed by atoms with Crippen molar-refractivity contribution in [2.24, 2.45) is 5.92 Å². The number of nitrogens with one attached hydrogen (secondary N) is 1. The Hall–Kier alpha value is -3.28. The van der Waals surface area contributed by atoms with Crippen molar-refractivity contribution in [3.05, 3.63) is 72.3 Å². The fourth-order valence-corrected chi connectivity index (χ4v) is 3.53. The van der Waals surface area contributed by atoms with Gasteiger partial charge in [-0.3, -0.25) is 4.79 Å². The Kier molecular flexibility index (Phi) is 5.51. The molecule has 6 heteroatoms. The molecule has 0 spiro atoms. The summed E-state index contributed by atoms with van der Waals surface area (Å²) in [4.78, 5) is 23.7. The third-order valence-corrected chi connectivity index (χ3v) is 5.21. The van der Waals surface area contributed by atoms with Gasteiger partial charge in [0.05, 0.1) is 5.92 Å². The molecule has 148 valence electrons. The summed E-state index contributed by atoms with van der Waals surface area (Å²) < 4.78 is 13.0. The monoisotopic (exact) mass is 390 g/mol. The number of carbonyl (C=O) groups is 1. The first-order valence-corrected chi connectivity index (χ1v) is 9.79. The van der Waals surface area contributed by atoms with E-state index >= 15 is 0 Å². The van der Waals surface area contributed by atoms with Crippen molar-refractivity contribution < 1.29 is 9.18 Å². The lowest BCUT2D eigenvalue weighted by molar-refractivity contribution is -0.120. The van der Waals surface area contributed by atoms with Gasteiger partial charge in [0.15, 0.2) is 0 Å². The molecule has 0 saturated carbocycles. The fourth-order valence-electron chi connectivity index (χ4n) is 3.53. The largest absolute Gasteiger partial charge is 0.340 e. The van der Waals surface area contributed by atoms with E-state index in [4.69, 9.17) is 0 Å². The Morgan fingerprint density at radius 2 is 1.72 bits per heavy atom. The Bertz CT molecular complexity index is 971. The first-order valence-electron chi connectivity index (χ1n) is 9.79. The van der Waals surface area contributed by atoms with Crippen LogP contribution in [0.15, 0.2) is 60.9 Å². The van der Waals surface area contributed by atoms with Crippen LogP contribution in [0.2, 0.25) is 0 Å². The second-order valence-electron chi connectivity index (χ2n) is 7.42.